The van der Waals surface area contributed by atoms with E-state index in [1.807, 2.05) is 6.07 Å². The summed E-state index contributed by atoms with van der Waals surface area (Å²) in [6, 6.07) is 7.60. The first kappa shape index (κ1) is 13.3. The summed E-state index contributed by atoms with van der Waals surface area (Å²) >= 11 is 0. The number of halogens is 1. The van der Waals surface area contributed by atoms with Crippen LogP contribution in [0.2, 0.25) is 0 Å². The molecule has 1 aromatic carbocycles. The number of anilines is 1. The van der Waals surface area contributed by atoms with Gasteiger partial charge in [0.2, 0.25) is 0 Å². The minimum absolute atomic E-state index is 0.150. The predicted molar refractivity (Wildman–Crippen MR) is 74.5 cm³/mol. The van der Waals surface area contributed by atoms with E-state index in [0.29, 0.717) is 6.04 Å². The van der Waals surface area contributed by atoms with E-state index < -0.39 is 0 Å². The van der Waals surface area contributed by atoms with Gasteiger partial charge in [-0.3, -0.25) is 0 Å². The van der Waals surface area contributed by atoms with E-state index in [-0.39, 0.29) is 5.82 Å². The smallest absolute Gasteiger partial charge is 0.125 e. The fourth-order valence-corrected chi connectivity index (χ4v) is 2.67. The SMILES string of the molecule is CCN(CCCC1CCCN1)c1cccc(F)c1. The first-order valence-electron chi connectivity index (χ1n) is 7.03. The minimum Gasteiger partial charge on any atom is -0.372 e. The molecule has 0 radical (unpaired) electrons. The van der Waals surface area contributed by atoms with Crippen molar-refractivity contribution in [2.75, 3.05) is 24.5 Å². The Kier molecular flexibility index (Phi) is 5.00. The lowest BCUT2D eigenvalue weighted by Crippen LogP contribution is -2.27. The topological polar surface area (TPSA) is 15.3 Å². The monoisotopic (exact) mass is 250 g/mol. The van der Waals surface area contributed by atoms with Crippen molar-refractivity contribution in [2.45, 2.75) is 38.6 Å². The van der Waals surface area contributed by atoms with Crippen LogP contribution in [0.3, 0.4) is 0 Å². The molecule has 1 unspecified atom stereocenters. The van der Waals surface area contributed by atoms with Crippen molar-refractivity contribution >= 4 is 5.69 Å². The molecule has 1 N–H and O–H groups in total. The summed E-state index contributed by atoms with van der Waals surface area (Å²) in [7, 11) is 0. The second-order valence-corrected chi connectivity index (χ2v) is 5.00. The van der Waals surface area contributed by atoms with Crippen LogP contribution in [0, 0.1) is 5.82 Å². The fraction of sp³-hybridized carbons (Fsp3) is 0.600. The predicted octanol–water partition coefficient (Wildman–Crippen LogP) is 3.18. The van der Waals surface area contributed by atoms with Crippen LogP contribution in [0.15, 0.2) is 24.3 Å². The van der Waals surface area contributed by atoms with Gasteiger partial charge in [0, 0.05) is 24.8 Å². The van der Waals surface area contributed by atoms with E-state index >= 15 is 0 Å². The molecule has 1 heterocycles. The molecule has 0 spiro atoms. The Labute approximate surface area is 109 Å². The van der Waals surface area contributed by atoms with Crippen molar-refractivity contribution in [3.8, 4) is 0 Å². The Bertz CT molecular complexity index is 361. The summed E-state index contributed by atoms with van der Waals surface area (Å²) in [4.78, 5) is 2.25. The van der Waals surface area contributed by atoms with E-state index in [2.05, 4.69) is 17.1 Å². The Morgan fingerprint density at radius 1 is 1.44 bits per heavy atom. The Morgan fingerprint density at radius 2 is 2.33 bits per heavy atom. The third-order valence-electron chi connectivity index (χ3n) is 3.70. The molecule has 1 aliphatic rings. The van der Waals surface area contributed by atoms with Gasteiger partial charge in [-0.1, -0.05) is 6.07 Å². The summed E-state index contributed by atoms with van der Waals surface area (Å²) < 4.78 is 13.2. The highest BCUT2D eigenvalue weighted by molar-refractivity contribution is 5.46. The van der Waals surface area contributed by atoms with Crippen LogP contribution in [0.1, 0.15) is 32.6 Å². The maximum atomic E-state index is 13.2. The average molecular weight is 250 g/mol. The van der Waals surface area contributed by atoms with Gasteiger partial charge < -0.3 is 10.2 Å². The summed E-state index contributed by atoms with van der Waals surface area (Å²) in [5, 5.41) is 3.52. The molecule has 0 aromatic heterocycles. The van der Waals surface area contributed by atoms with Gasteiger partial charge in [0.1, 0.15) is 5.82 Å². The largest absolute Gasteiger partial charge is 0.372 e. The van der Waals surface area contributed by atoms with Gasteiger partial charge >= 0.3 is 0 Å². The standard InChI is InChI=1S/C15H23FN2/c1-2-18(15-9-3-6-13(16)12-15)11-5-8-14-7-4-10-17-14/h3,6,9,12,14,17H,2,4-5,7-8,10-11H2,1H3. The third kappa shape index (κ3) is 3.70. The van der Waals surface area contributed by atoms with E-state index in [1.54, 1.807) is 12.1 Å². The van der Waals surface area contributed by atoms with Gasteiger partial charge in [0.05, 0.1) is 0 Å². The van der Waals surface area contributed by atoms with Crippen molar-refractivity contribution in [3.05, 3.63) is 30.1 Å². The van der Waals surface area contributed by atoms with Gasteiger partial charge in [0.15, 0.2) is 0 Å². The molecule has 100 valence electrons. The molecule has 18 heavy (non-hydrogen) atoms. The van der Waals surface area contributed by atoms with Crippen LogP contribution in [0.25, 0.3) is 0 Å². The summed E-state index contributed by atoms with van der Waals surface area (Å²) in [6.07, 6.45) is 5.02. The zero-order valence-electron chi connectivity index (χ0n) is 11.2. The third-order valence-corrected chi connectivity index (χ3v) is 3.70. The van der Waals surface area contributed by atoms with Crippen LogP contribution >= 0.6 is 0 Å². The first-order valence-corrected chi connectivity index (χ1v) is 7.03. The molecular formula is C15H23FN2. The van der Waals surface area contributed by atoms with Gasteiger partial charge in [0.25, 0.3) is 0 Å². The zero-order chi connectivity index (χ0) is 12.8. The summed E-state index contributed by atoms with van der Waals surface area (Å²) in [6.45, 7) is 5.24. The first-order chi connectivity index (χ1) is 8.79. The normalized spacial score (nSPS) is 19.1. The van der Waals surface area contributed by atoms with Crippen LogP contribution < -0.4 is 10.2 Å². The number of hydrogen-bond donors (Lipinski definition) is 1. The second-order valence-electron chi connectivity index (χ2n) is 5.00. The molecule has 1 fully saturated rings. The minimum atomic E-state index is -0.150. The highest BCUT2D eigenvalue weighted by Crippen LogP contribution is 2.17. The van der Waals surface area contributed by atoms with Crippen molar-refractivity contribution < 1.29 is 4.39 Å². The van der Waals surface area contributed by atoms with Crippen LogP contribution in [-0.4, -0.2) is 25.7 Å². The fourth-order valence-electron chi connectivity index (χ4n) is 2.67. The van der Waals surface area contributed by atoms with Crippen LogP contribution in [0.4, 0.5) is 10.1 Å². The van der Waals surface area contributed by atoms with Crippen LogP contribution in [0.5, 0.6) is 0 Å². The lowest BCUT2D eigenvalue weighted by molar-refractivity contribution is 0.533. The molecule has 1 atom stereocenters. The Morgan fingerprint density at radius 3 is 3.00 bits per heavy atom. The maximum Gasteiger partial charge on any atom is 0.125 e. The van der Waals surface area contributed by atoms with Crippen molar-refractivity contribution in [2.24, 2.45) is 0 Å². The second kappa shape index (κ2) is 6.74. The Balaban J connectivity index is 1.81. The van der Waals surface area contributed by atoms with E-state index in [0.717, 1.165) is 18.8 Å². The number of nitrogens with one attached hydrogen (secondary N) is 1. The zero-order valence-corrected chi connectivity index (χ0v) is 11.2. The van der Waals surface area contributed by atoms with Gasteiger partial charge in [-0.15, -0.1) is 0 Å². The quantitative estimate of drug-likeness (QED) is 0.834. The van der Waals surface area contributed by atoms with Crippen molar-refractivity contribution in [1.82, 2.24) is 5.32 Å². The van der Waals surface area contributed by atoms with Gasteiger partial charge in [-0.05, 0) is 57.4 Å². The van der Waals surface area contributed by atoms with E-state index in [1.165, 1.54) is 38.3 Å². The van der Waals surface area contributed by atoms with E-state index in [4.69, 9.17) is 0 Å². The summed E-state index contributed by atoms with van der Waals surface area (Å²) in [5.41, 5.74) is 0.997. The molecule has 2 nitrogen and oxygen atoms in total. The molecule has 0 bridgehead atoms. The average Bonchev–Trinajstić information content (AvgIpc) is 2.88. The number of hydrogen-bond acceptors (Lipinski definition) is 2. The number of nitrogens with zero attached hydrogens (tertiary/aromatic N) is 1. The molecule has 0 aliphatic carbocycles. The van der Waals surface area contributed by atoms with E-state index in [9.17, 15) is 4.39 Å². The molecule has 3 heteroatoms. The van der Waals surface area contributed by atoms with Gasteiger partial charge in [-0.2, -0.15) is 0 Å². The Hall–Kier alpha value is -1.09. The lowest BCUT2D eigenvalue weighted by Gasteiger charge is -2.23. The number of rotatable bonds is 6. The highest BCUT2D eigenvalue weighted by atomic mass is 19.1. The number of benzene rings is 1. The maximum absolute atomic E-state index is 13.2. The molecule has 2 rings (SSSR count). The summed E-state index contributed by atoms with van der Waals surface area (Å²) in [5.74, 6) is -0.150. The molecule has 0 amide bonds. The molecule has 1 aromatic rings. The lowest BCUT2D eigenvalue weighted by atomic mass is 10.1. The van der Waals surface area contributed by atoms with Crippen molar-refractivity contribution in [3.63, 3.8) is 0 Å². The van der Waals surface area contributed by atoms with Crippen LogP contribution in [-0.2, 0) is 0 Å². The highest BCUT2D eigenvalue weighted by Gasteiger charge is 2.14. The van der Waals surface area contributed by atoms with Gasteiger partial charge in [-0.25, -0.2) is 4.39 Å². The molecular weight excluding hydrogens is 227 g/mol. The molecule has 1 aliphatic heterocycles. The molecule has 1 saturated heterocycles. The molecule has 0 saturated carbocycles. The van der Waals surface area contributed by atoms with Crippen molar-refractivity contribution in [1.29, 1.82) is 0 Å².